The van der Waals surface area contributed by atoms with Gasteiger partial charge in [0, 0.05) is 12.4 Å². The molecule has 0 bridgehead atoms. The highest BCUT2D eigenvalue weighted by atomic mass is 35.5. The molecule has 2 aromatic rings. The van der Waals surface area contributed by atoms with Gasteiger partial charge in [0.25, 0.3) is 0 Å². The molecule has 0 aliphatic heterocycles. The Bertz CT molecular complexity index is 515. The Hall–Kier alpha value is -0.910. The first-order chi connectivity index (χ1) is 8.16. The van der Waals surface area contributed by atoms with Crippen LogP contribution >= 0.6 is 34.7 Å². The Kier molecular flexibility index (Phi) is 4.15. The second-order valence-corrected chi connectivity index (χ2v) is 6.28. The molecule has 0 amide bonds. The van der Waals surface area contributed by atoms with Crippen LogP contribution in [0.2, 0.25) is 4.34 Å². The van der Waals surface area contributed by atoms with Crippen molar-refractivity contribution in [3.63, 3.8) is 0 Å². The van der Waals surface area contributed by atoms with Crippen LogP contribution in [0.15, 0.2) is 35.7 Å². The summed E-state index contributed by atoms with van der Waals surface area (Å²) >= 11 is 8.45. The summed E-state index contributed by atoms with van der Waals surface area (Å²) in [4.78, 5) is 20.9. The molecule has 0 aliphatic rings. The first kappa shape index (κ1) is 12.5. The van der Waals surface area contributed by atoms with Gasteiger partial charge in [-0.05, 0) is 25.1 Å². The maximum Gasteiger partial charge on any atom is 0.188 e. The number of aromatic nitrogens is 2. The van der Waals surface area contributed by atoms with Crippen LogP contribution in [-0.2, 0) is 0 Å². The van der Waals surface area contributed by atoms with Gasteiger partial charge in [-0.1, -0.05) is 23.4 Å². The minimum absolute atomic E-state index is 0.0550. The van der Waals surface area contributed by atoms with Gasteiger partial charge in [0.05, 0.1) is 14.5 Å². The summed E-state index contributed by atoms with van der Waals surface area (Å²) in [7, 11) is 0. The van der Waals surface area contributed by atoms with E-state index in [4.69, 9.17) is 11.6 Å². The summed E-state index contributed by atoms with van der Waals surface area (Å²) in [5, 5.41) is 0.392. The van der Waals surface area contributed by atoms with Crippen molar-refractivity contribution in [2.24, 2.45) is 0 Å². The lowest BCUT2D eigenvalue weighted by atomic mass is 10.2. The lowest BCUT2D eigenvalue weighted by Gasteiger charge is -2.06. The Labute approximate surface area is 112 Å². The number of Topliss-reactive ketones (excluding diaryl/α,β-unsaturated/α-hetero) is 1. The highest BCUT2D eigenvalue weighted by Gasteiger charge is 2.19. The fourth-order valence-corrected chi connectivity index (χ4v) is 3.15. The molecular weight excluding hydrogens is 276 g/mol. The molecule has 2 rings (SSSR count). The minimum Gasteiger partial charge on any atom is -0.292 e. The van der Waals surface area contributed by atoms with E-state index in [1.807, 2.05) is 6.92 Å². The number of hydrogen-bond acceptors (Lipinski definition) is 5. The SMILES string of the molecule is CC(Sc1ncccn1)C(=O)c1ccc(Cl)s1. The van der Waals surface area contributed by atoms with Crippen molar-refractivity contribution in [2.75, 3.05) is 0 Å². The van der Waals surface area contributed by atoms with Gasteiger partial charge in [-0.25, -0.2) is 9.97 Å². The average Bonchev–Trinajstić information content (AvgIpc) is 2.76. The third-order valence-electron chi connectivity index (χ3n) is 2.01. The van der Waals surface area contributed by atoms with Crippen LogP contribution in [0.25, 0.3) is 0 Å². The van der Waals surface area contributed by atoms with Gasteiger partial charge in [-0.2, -0.15) is 0 Å². The van der Waals surface area contributed by atoms with Crippen molar-refractivity contribution in [3.05, 3.63) is 39.8 Å². The van der Waals surface area contributed by atoms with Crippen LogP contribution in [0.3, 0.4) is 0 Å². The van der Waals surface area contributed by atoms with E-state index < -0.39 is 0 Å². The molecule has 0 fully saturated rings. The van der Waals surface area contributed by atoms with Gasteiger partial charge < -0.3 is 0 Å². The molecule has 0 aliphatic carbocycles. The number of halogens is 1. The number of carbonyl (C=O) groups is 1. The number of rotatable bonds is 4. The molecule has 2 heterocycles. The van der Waals surface area contributed by atoms with Crippen molar-refractivity contribution in [2.45, 2.75) is 17.3 Å². The number of nitrogens with zero attached hydrogens (tertiary/aromatic N) is 2. The fraction of sp³-hybridized carbons (Fsp3) is 0.182. The van der Waals surface area contributed by atoms with Gasteiger partial charge >= 0.3 is 0 Å². The van der Waals surface area contributed by atoms with Gasteiger partial charge in [0.2, 0.25) is 0 Å². The van der Waals surface area contributed by atoms with Crippen LogP contribution in [0, 0.1) is 0 Å². The Morgan fingerprint density at radius 1 is 1.41 bits per heavy atom. The normalized spacial score (nSPS) is 12.4. The predicted molar refractivity (Wildman–Crippen MR) is 71.0 cm³/mol. The highest BCUT2D eigenvalue weighted by molar-refractivity contribution is 8.00. The average molecular weight is 285 g/mol. The molecule has 1 unspecified atom stereocenters. The molecule has 1 atom stereocenters. The molecule has 3 nitrogen and oxygen atoms in total. The van der Waals surface area contributed by atoms with Crippen molar-refractivity contribution in [1.29, 1.82) is 0 Å². The molecule has 0 spiro atoms. The minimum atomic E-state index is -0.216. The summed E-state index contributed by atoms with van der Waals surface area (Å²) in [6.45, 7) is 1.84. The van der Waals surface area contributed by atoms with Gasteiger partial charge in [0.15, 0.2) is 10.9 Å². The fourth-order valence-electron chi connectivity index (χ4n) is 1.20. The predicted octanol–water partition coefficient (Wildman–Crippen LogP) is 3.56. The first-order valence-electron chi connectivity index (χ1n) is 4.90. The van der Waals surface area contributed by atoms with E-state index in [1.54, 1.807) is 30.6 Å². The highest BCUT2D eigenvalue weighted by Crippen LogP contribution is 2.27. The molecule has 0 aromatic carbocycles. The molecule has 0 saturated heterocycles. The molecule has 0 saturated carbocycles. The second-order valence-electron chi connectivity index (χ2n) is 3.26. The van der Waals surface area contributed by atoms with E-state index in [9.17, 15) is 4.79 Å². The quantitative estimate of drug-likeness (QED) is 0.489. The molecule has 0 radical (unpaired) electrons. The van der Waals surface area contributed by atoms with E-state index >= 15 is 0 Å². The second kappa shape index (κ2) is 5.62. The van der Waals surface area contributed by atoms with Crippen LogP contribution in [0.4, 0.5) is 0 Å². The molecular formula is C11H9ClN2OS2. The summed E-state index contributed by atoms with van der Waals surface area (Å²) in [6.07, 6.45) is 3.32. The van der Waals surface area contributed by atoms with Crippen molar-refractivity contribution < 1.29 is 4.79 Å². The third-order valence-corrected chi connectivity index (χ3v) is 4.24. The van der Waals surface area contributed by atoms with E-state index in [1.165, 1.54) is 23.1 Å². The Morgan fingerprint density at radius 3 is 2.71 bits per heavy atom. The maximum absolute atomic E-state index is 12.0. The van der Waals surface area contributed by atoms with Crippen LogP contribution in [0.1, 0.15) is 16.6 Å². The topological polar surface area (TPSA) is 42.9 Å². The lowest BCUT2D eigenvalue weighted by molar-refractivity contribution is 0.0997. The molecule has 17 heavy (non-hydrogen) atoms. The Morgan fingerprint density at radius 2 is 2.12 bits per heavy atom. The number of ketones is 1. The number of thioether (sulfide) groups is 1. The van der Waals surface area contributed by atoms with Crippen LogP contribution in [0.5, 0.6) is 0 Å². The smallest absolute Gasteiger partial charge is 0.188 e. The van der Waals surface area contributed by atoms with E-state index in [2.05, 4.69) is 9.97 Å². The summed E-state index contributed by atoms with van der Waals surface area (Å²) < 4.78 is 0.626. The summed E-state index contributed by atoms with van der Waals surface area (Å²) in [5.74, 6) is 0.0550. The zero-order valence-electron chi connectivity index (χ0n) is 8.96. The van der Waals surface area contributed by atoms with Crippen molar-refractivity contribution >= 4 is 40.5 Å². The number of hydrogen-bond donors (Lipinski definition) is 0. The number of thiophene rings is 1. The molecule has 2 aromatic heterocycles. The van der Waals surface area contributed by atoms with E-state index in [-0.39, 0.29) is 11.0 Å². The Balaban J connectivity index is 2.06. The van der Waals surface area contributed by atoms with E-state index in [0.717, 1.165) is 0 Å². The van der Waals surface area contributed by atoms with Gasteiger partial charge in [-0.15, -0.1) is 11.3 Å². The van der Waals surface area contributed by atoms with Crippen molar-refractivity contribution in [3.8, 4) is 0 Å². The summed E-state index contributed by atoms with van der Waals surface area (Å²) in [5.41, 5.74) is 0. The van der Waals surface area contributed by atoms with Crippen LogP contribution < -0.4 is 0 Å². The molecule has 0 N–H and O–H groups in total. The summed E-state index contributed by atoms with van der Waals surface area (Å²) in [6, 6.07) is 5.23. The third kappa shape index (κ3) is 3.28. The van der Waals surface area contributed by atoms with Gasteiger partial charge in [0.1, 0.15) is 0 Å². The maximum atomic E-state index is 12.0. The van der Waals surface area contributed by atoms with E-state index in [0.29, 0.717) is 14.4 Å². The monoisotopic (exact) mass is 284 g/mol. The van der Waals surface area contributed by atoms with Crippen LogP contribution in [-0.4, -0.2) is 21.0 Å². The lowest BCUT2D eigenvalue weighted by Crippen LogP contribution is -2.12. The largest absolute Gasteiger partial charge is 0.292 e. The molecule has 6 heteroatoms. The zero-order chi connectivity index (χ0) is 12.3. The molecule has 88 valence electrons. The van der Waals surface area contributed by atoms with Gasteiger partial charge in [-0.3, -0.25) is 4.79 Å². The standard InChI is InChI=1S/C11H9ClN2OS2/c1-7(16-11-13-5-2-6-14-11)10(15)8-3-4-9(12)17-8/h2-7H,1H3. The number of carbonyl (C=O) groups excluding carboxylic acids is 1. The first-order valence-corrected chi connectivity index (χ1v) is 6.97. The van der Waals surface area contributed by atoms with Crippen molar-refractivity contribution in [1.82, 2.24) is 9.97 Å². The zero-order valence-corrected chi connectivity index (χ0v) is 11.4.